The Kier molecular flexibility index (Phi) is 4.82. The van der Waals surface area contributed by atoms with Gasteiger partial charge in [-0.15, -0.1) is 0 Å². The van der Waals surface area contributed by atoms with Gasteiger partial charge < -0.3 is 5.73 Å². The van der Waals surface area contributed by atoms with Gasteiger partial charge in [-0.25, -0.2) is 4.99 Å². The second-order valence-electron chi connectivity index (χ2n) is 0.832. The number of aliphatic imine (C=N–C) groups is 1. The molecule has 0 aromatic heterocycles. The Labute approximate surface area is 42.9 Å². The molecule has 3 nitrogen and oxygen atoms in total. The predicted molar refractivity (Wildman–Crippen MR) is 29.8 cm³/mol. The van der Waals surface area contributed by atoms with Crippen LogP contribution in [0, 0.1) is 0 Å². The molecule has 1 rings (SSSR count). The zero-order valence-corrected chi connectivity index (χ0v) is 4.26. The summed E-state index contributed by atoms with van der Waals surface area (Å²) in [6, 6.07) is 0. The monoisotopic (exact) mass is 99.1 g/mol. The van der Waals surface area contributed by atoms with Gasteiger partial charge in [-0.1, -0.05) is 0 Å². The molecule has 1 aliphatic rings. The molecule has 0 aliphatic carbocycles. The lowest BCUT2D eigenvalue weighted by molar-refractivity contribution is -0.447. The van der Waals surface area contributed by atoms with E-state index < -0.39 is 0 Å². The average Bonchev–Trinajstić information content (AvgIpc) is 2.23. The van der Waals surface area contributed by atoms with E-state index in [1.165, 1.54) is 7.05 Å². The predicted octanol–water partition coefficient (Wildman–Crippen LogP) is -0.269. The minimum Gasteiger partial charge on any atom is -0.680 e. The van der Waals surface area contributed by atoms with Crippen LogP contribution < -0.4 is 5.32 Å². The standard InChI is InChI=1S/C3H4N2.CH4N/c1-2-5-3-4-1;1-2/h1-3H,(H,4,5);2H,1H3/q;-1/p+1. The van der Waals surface area contributed by atoms with Crippen LogP contribution in [0.5, 0.6) is 0 Å². The molecule has 0 bridgehead atoms. The van der Waals surface area contributed by atoms with E-state index in [0.29, 0.717) is 0 Å². The molecule has 3 heteroatoms. The molecule has 3 N–H and O–H groups in total. The van der Waals surface area contributed by atoms with E-state index in [9.17, 15) is 0 Å². The SMILES string of the molecule is C1=C[NH2+]C=N1.C[NH-]. The summed E-state index contributed by atoms with van der Waals surface area (Å²) < 4.78 is 0. The van der Waals surface area contributed by atoms with E-state index in [1.54, 1.807) is 12.5 Å². The Bertz CT molecular complexity index is 65.0. The van der Waals surface area contributed by atoms with Crippen LogP contribution in [0.4, 0.5) is 0 Å². The highest BCUT2D eigenvalue weighted by atomic mass is 15.0. The molecule has 0 atom stereocenters. The van der Waals surface area contributed by atoms with Gasteiger partial charge in [0, 0.05) is 0 Å². The quantitative estimate of drug-likeness (QED) is 0.434. The van der Waals surface area contributed by atoms with Crippen molar-refractivity contribution in [3.8, 4) is 0 Å². The number of hydrogen-bond acceptors (Lipinski definition) is 1. The van der Waals surface area contributed by atoms with E-state index in [2.05, 4.69) is 4.99 Å². The summed E-state index contributed by atoms with van der Waals surface area (Å²) in [5.41, 5.74) is 5.75. The summed E-state index contributed by atoms with van der Waals surface area (Å²) in [6.07, 6.45) is 5.39. The van der Waals surface area contributed by atoms with Gasteiger partial charge in [-0.2, -0.15) is 7.05 Å². The van der Waals surface area contributed by atoms with Crippen molar-refractivity contribution in [2.24, 2.45) is 4.99 Å². The molecule has 1 heterocycles. The fourth-order valence-electron chi connectivity index (χ4n) is 0.248. The Morgan fingerprint density at radius 3 is 2.43 bits per heavy atom. The second kappa shape index (κ2) is 5.33. The van der Waals surface area contributed by atoms with Gasteiger partial charge in [0.05, 0.1) is 6.20 Å². The second-order valence-corrected chi connectivity index (χ2v) is 0.832. The number of hydrogen-bond donors (Lipinski definition) is 1. The largest absolute Gasteiger partial charge is 0.680 e. The summed E-state index contributed by atoms with van der Waals surface area (Å²) in [5, 5.41) is 1.89. The third kappa shape index (κ3) is 3.15. The topological polar surface area (TPSA) is 52.8 Å². The van der Waals surface area contributed by atoms with Crippen molar-refractivity contribution < 1.29 is 5.32 Å². The summed E-state index contributed by atoms with van der Waals surface area (Å²) in [5.74, 6) is 0. The van der Waals surface area contributed by atoms with Crippen molar-refractivity contribution in [2.75, 3.05) is 7.05 Å². The molecule has 0 saturated heterocycles. The molecule has 1 aliphatic heterocycles. The average molecular weight is 99.1 g/mol. The Hall–Kier alpha value is -0.670. The molecule has 0 fully saturated rings. The number of nitrogens with two attached hydrogens (primary N) is 1. The number of rotatable bonds is 0. The highest BCUT2D eigenvalue weighted by Crippen LogP contribution is 1.63. The van der Waals surface area contributed by atoms with Gasteiger partial charge in [0.1, 0.15) is 6.20 Å². The van der Waals surface area contributed by atoms with Gasteiger partial charge in [0.25, 0.3) is 0 Å². The Balaban J connectivity index is 0.000000162. The summed E-state index contributed by atoms with van der Waals surface area (Å²) in [7, 11) is 1.25. The first-order chi connectivity index (χ1) is 3.50. The van der Waals surface area contributed by atoms with E-state index in [0.717, 1.165) is 0 Å². The molecule has 0 amide bonds. The number of quaternary nitrogens is 1. The lowest BCUT2D eigenvalue weighted by atomic mass is 11.0. The molecule has 0 unspecified atom stereocenters. The molecule has 0 aromatic carbocycles. The van der Waals surface area contributed by atoms with Crippen molar-refractivity contribution >= 4 is 6.34 Å². The van der Waals surface area contributed by atoms with Crippen LogP contribution in [-0.2, 0) is 0 Å². The Morgan fingerprint density at radius 1 is 1.57 bits per heavy atom. The smallest absolute Gasteiger partial charge is 0.191 e. The van der Waals surface area contributed by atoms with Crippen molar-refractivity contribution in [2.45, 2.75) is 0 Å². The maximum atomic E-state index is 5.75. The highest BCUT2D eigenvalue weighted by molar-refractivity contribution is 5.45. The van der Waals surface area contributed by atoms with Gasteiger partial charge in [0.2, 0.25) is 0 Å². The minimum atomic E-state index is 1.25. The third-order valence-electron chi connectivity index (χ3n) is 0.455. The molecular formula is C4H9N3. The van der Waals surface area contributed by atoms with E-state index >= 15 is 0 Å². The minimum absolute atomic E-state index is 1.25. The van der Waals surface area contributed by atoms with Crippen LogP contribution in [0.15, 0.2) is 17.4 Å². The summed E-state index contributed by atoms with van der Waals surface area (Å²) in [4.78, 5) is 3.72. The molecule has 0 saturated carbocycles. The highest BCUT2D eigenvalue weighted by Gasteiger charge is 1.76. The van der Waals surface area contributed by atoms with Crippen molar-refractivity contribution in [3.05, 3.63) is 18.1 Å². The van der Waals surface area contributed by atoms with Crippen LogP contribution >= 0.6 is 0 Å². The lowest BCUT2D eigenvalue weighted by Gasteiger charge is -1.58. The van der Waals surface area contributed by atoms with Gasteiger partial charge in [-0.3, -0.25) is 5.32 Å². The van der Waals surface area contributed by atoms with Crippen molar-refractivity contribution in [3.63, 3.8) is 0 Å². The summed E-state index contributed by atoms with van der Waals surface area (Å²) >= 11 is 0. The van der Waals surface area contributed by atoms with Gasteiger partial charge >= 0.3 is 0 Å². The number of nitrogens with zero attached hydrogens (tertiary/aromatic N) is 1. The molecule has 40 valence electrons. The van der Waals surface area contributed by atoms with Gasteiger partial charge in [0.15, 0.2) is 6.34 Å². The Morgan fingerprint density at radius 2 is 2.29 bits per heavy atom. The van der Waals surface area contributed by atoms with Crippen LogP contribution in [0.1, 0.15) is 0 Å². The molecule has 7 heavy (non-hydrogen) atoms. The summed E-state index contributed by atoms with van der Waals surface area (Å²) in [6.45, 7) is 0. The fourth-order valence-corrected chi connectivity index (χ4v) is 0.248. The zero-order valence-electron chi connectivity index (χ0n) is 4.26. The van der Waals surface area contributed by atoms with E-state index in [1.807, 2.05) is 11.5 Å². The molecule has 0 radical (unpaired) electrons. The van der Waals surface area contributed by atoms with Crippen LogP contribution in [0.25, 0.3) is 5.73 Å². The first kappa shape index (κ1) is 6.33. The molecule has 0 spiro atoms. The van der Waals surface area contributed by atoms with E-state index in [-0.39, 0.29) is 0 Å². The van der Waals surface area contributed by atoms with Gasteiger partial charge in [-0.05, 0) is 0 Å². The number of nitrogens with one attached hydrogen (secondary N) is 1. The maximum Gasteiger partial charge on any atom is 0.191 e. The lowest BCUT2D eigenvalue weighted by Crippen LogP contribution is -2.74. The third-order valence-corrected chi connectivity index (χ3v) is 0.455. The van der Waals surface area contributed by atoms with Crippen LogP contribution in [-0.4, -0.2) is 13.4 Å². The molecule has 0 aromatic rings. The molecular weight excluding hydrogens is 90.1 g/mol. The van der Waals surface area contributed by atoms with Crippen molar-refractivity contribution in [1.82, 2.24) is 0 Å². The van der Waals surface area contributed by atoms with Crippen LogP contribution in [0.3, 0.4) is 0 Å². The van der Waals surface area contributed by atoms with E-state index in [4.69, 9.17) is 5.73 Å². The fraction of sp³-hybridized carbons (Fsp3) is 0.250. The normalized spacial score (nSPS) is 13.4. The van der Waals surface area contributed by atoms with Crippen molar-refractivity contribution in [1.29, 1.82) is 0 Å². The zero-order chi connectivity index (χ0) is 5.54. The maximum absolute atomic E-state index is 5.75. The first-order valence-corrected chi connectivity index (χ1v) is 2.02. The first-order valence-electron chi connectivity index (χ1n) is 2.02. The van der Waals surface area contributed by atoms with Crippen LogP contribution in [0.2, 0.25) is 0 Å².